The van der Waals surface area contributed by atoms with Crippen LogP contribution < -0.4 is 10.5 Å². The number of aromatic nitrogens is 3. The number of nitrogen functional groups attached to an aromatic ring is 1. The second-order valence-electron chi connectivity index (χ2n) is 4.13. The molecule has 6 heteroatoms. The Bertz CT molecular complexity index is 787. The first-order chi connectivity index (χ1) is 9.74. The van der Waals surface area contributed by atoms with Crippen molar-refractivity contribution in [1.82, 2.24) is 15.2 Å². The van der Waals surface area contributed by atoms with Gasteiger partial charge in [0.05, 0.1) is 23.5 Å². The van der Waals surface area contributed by atoms with Gasteiger partial charge in [0.2, 0.25) is 5.88 Å². The Kier molecular flexibility index (Phi) is 2.96. The van der Waals surface area contributed by atoms with E-state index in [1.807, 2.05) is 30.3 Å². The van der Waals surface area contributed by atoms with Crippen LogP contribution in [0.4, 0.5) is 0 Å². The minimum Gasteiger partial charge on any atom is -0.435 e. The number of fused-ring (bicyclic) bond motifs is 1. The summed E-state index contributed by atoms with van der Waals surface area (Å²) in [5, 5.41) is 16.0. The number of pyridine rings is 1. The number of amidine groups is 1. The van der Waals surface area contributed by atoms with E-state index < -0.39 is 0 Å². The van der Waals surface area contributed by atoms with Crippen LogP contribution in [-0.4, -0.2) is 21.0 Å². The van der Waals surface area contributed by atoms with Crippen LogP contribution in [0.5, 0.6) is 11.6 Å². The molecule has 0 amide bonds. The van der Waals surface area contributed by atoms with Crippen LogP contribution in [0.1, 0.15) is 5.56 Å². The third kappa shape index (κ3) is 2.26. The molecule has 0 fully saturated rings. The van der Waals surface area contributed by atoms with E-state index in [4.69, 9.17) is 15.9 Å². The molecule has 3 rings (SSSR count). The molecule has 0 saturated heterocycles. The third-order valence-corrected chi connectivity index (χ3v) is 2.76. The molecule has 0 unspecified atom stereocenters. The number of nitrogens with zero attached hydrogens (tertiary/aromatic N) is 3. The molecule has 0 bridgehead atoms. The Morgan fingerprint density at radius 1 is 1.20 bits per heavy atom. The van der Waals surface area contributed by atoms with E-state index in [2.05, 4.69) is 15.2 Å². The average Bonchev–Trinajstić information content (AvgIpc) is 2.47. The summed E-state index contributed by atoms with van der Waals surface area (Å²) in [4.78, 5) is 4.29. The molecule has 3 N–H and O–H groups in total. The highest BCUT2D eigenvalue weighted by Crippen LogP contribution is 2.24. The van der Waals surface area contributed by atoms with Crippen molar-refractivity contribution < 1.29 is 4.74 Å². The van der Waals surface area contributed by atoms with Crippen molar-refractivity contribution in [2.24, 2.45) is 5.73 Å². The zero-order valence-corrected chi connectivity index (χ0v) is 10.4. The predicted molar refractivity (Wildman–Crippen MR) is 74.9 cm³/mol. The van der Waals surface area contributed by atoms with Gasteiger partial charge in [0.15, 0.2) is 0 Å². The molecule has 0 aliphatic carbocycles. The van der Waals surface area contributed by atoms with Crippen molar-refractivity contribution in [3.8, 4) is 11.6 Å². The summed E-state index contributed by atoms with van der Waals surface area (Å²) < 4.78 is 5.62. The fourth-order valence-corrected chi connectivity index (χ4v) is 1.82. The normalized spacial score (nSPS) is 10.4. The SMILES string of the molecule is N=C(N)c1ccnnc1Oc1cnc2ccccc2c1. The molecule has 0 atom stereocenters. The number of nitrogens with two attached hydrogens (primary N) is 1. The lowest BCUT2D eigenvalue weighted by Gasteiger charge is -2.08. The van der Waals surface area contributed by atoms with E-state index in [-0.39, 0.29) is 11.7 Å². The standard InChI is InChI=1S/C14H11N5O/c15-13(16)11-5-6-18-19-14(11)20-10-7-9-3-1-2-4-12(9)17-8-10/h1-8H,(H3,15,16). The fraction of sp³-hybridized carbons (Fsp3) is 0. The highest BCUT2D eigenvalue weighted by Gasteiger charge is 2.10. The third-order valence-electron chi connectivity index (χ3n) is 2.76. The summed E-state index contributed by atoms with van der Waals surface area (Å²) in [5.41, 5.74) is 6.76. The maximum Gasteiger partial charge on any atom is 0.249 e. The second-order valence-corrected chi connectivity index (χ2v) is 4.13. The van der Waals surface area contributed by atoms with E-state index in [0.29, 0.717) is 11.3 Å². The van der Waals surface area contributed by atoms with Gasteiger partial charge in [0, 0.05) is 5.39 Å². The van der Waals surface area contributed by atoms with Gasteiger partial charge < -0.3 is 10.5 Å². The molecular weight excluding hydrogens is 254 g/mol. The van der Waals surface area contributed by atoms with Gasteiger partial charge in [-0.1, -0.05) is 18.2 Å². The lowest BCUT2D eigenvalue weighted by atomic mass is 10.2. The van der Waals surface area contributed by atoms with Gasteiger partial charge >= 0.3 is 0 Å². The minimum absolute atomic E-state index is 0.122. The fourth-order valence-electron chi connectivity index (χ4n) is 1.82. The highest BCUT2D eigenvalue weighted by atomic mass is 16.5. The number of ether oxygens (including phenoxy) is 1. The van der Waals surface area contributed by atoms with Crippen molar-refractivity contribution in [2.45, 2.75) is 0 Å². The lowest BCUT2D eigenvalue weighted by Crippen LogP contribution is -2.13. The van der Waals surface area contributed by atoms with E-state index in [9.17, 15) is 0 Å². The summed E-state index contributed by atoms with van der Waals surface area (Å²) in [6, 6.07) is 11.1. The maximum atomic E-state index is 7.49. The number of benzene rings is 1. The van der Waals surface area contributed by atoms with E-state index >= 15 is 0 Å². The molecule has 2 heterocycles. The molecule has 98 valence electrons. The molecule has 20 heavy (non-hydrogen) atoms. The van der Waals surface area contributed by atoms with Crippen LogP contribution in [0.2, 0.25) is 0 Å². The van der Waals surface area contributed by atoms with Crippen molar-refractivity contribution in [1.29, 1.82) is 5.41 Å². The molecule has 0 aliphatic rings. The number of nitrogens with one attached hydrogen (secondary N) is 1. The Hall–Kier alpha value is -3.02. The Morgan fingerprint density at radius 2 is 2.05 bits per heavy atom. The molecule has 0 aliphatic heterocycles. The molecule has 0 saturated carbocycles. The largest absolute Gasteiger partial charge is 0.435 e. The molecule has 0 radical (unpaired) electrons. The molecule has 1 aromatic carbocycles. The first-order valence-electron chi connectivity index (χ1n) is 5.93. The van der Waals surface area contributed by atoms with Crippen LogP contribution in [-0.2, 0) is 0 Å². The second kappa shape index (κ2) is 4.93. The summed E-state index contributed by atoms with van der Waals surface area (Å²) >= 11 is 0. The van der Waals surface area contributed by atoms with Crippen molar-refractivity contribution in [2.75, 3.05) is 0 Å². The zero-order valence-electron chi connectivity index (χ0n) is 10.4. The van der Waals surface area contributed by atoms with Crippen LogP contribution in [0, 0.1) is 5.41 Å². The number of para-hydroxylation sites is 1. The van der Waals surface area contributed by atoms with Crippen molar-refractivity contribution >= 4 is 16.7 Å². The molecular formula is C14H11N5O. The smallest absolute Gasteiger partial charge is 0.249 e. The van der Waals surface area contributed by atoms with Crippen LogP contribution in [0.15, 0.2) is 48.8 Å². The first kappa shape index (κ1) is 12.0. The topological polar surface area (TPSA) is 97.8 Å². The van der Waals surface area contributed by atoms with Gasteiger partial charge in [-0.15, -0.1) is 5.10 Å². The Balaban J connectivity index is 1.99. The van der Waals surface area contributed by atoms with Crippen molar-refractivity contribution in [3.05, 3.63) is 54.4 Å². The Morgan fingerprint density at radius 3 is 2.90 bits per heavy atom. The highest BCUT2D eigenvalue weighted by molar-refractivity contribution is 5.97. The van der Waals surface area contributed by atoms with E-state index in [0.717, 1.165) is 10.9 Å². The van der Waals surface area contributed by atoms with Gasteiger partial charge in [-0.3, -0.25) is 10.4 Å². The van der Waals surface area contributed by atoms with E-state index in [1.54, 1.807) is 12.3 Å². The predicted octanol–water partition coefficient (Wildman–Crippen LogP) is 2.10. The maximum absolute atomic E-state index is 7.49. The minimum atomic E-state index is -0.122. The Labute approximate surface area is 114 Å². The summed E-state index contributed by atoms with van der Waals surface area (Å²) in [7, 11) is 0. The van der Waals surface area contributed by atoms with Crippen LogP contribution >= 0.6 is 0 Å². The quantitative estimate of drug-likeness (QED) is 0.558. The zero-order chi connectivity index (χ0) is 13.9. The van der Waals surface area contributed by atoms with Crippen LogP contribution in [0.3, 0.4) is 0 Å². The molecule has 3 aromatic rings. The number of hydrogen-bond acceptors (Lipinski definition) is 5. The van der Waals surface area contributed by atoms with Gasteiger partial charge in [-0.05, 0) is 18.2 Å². The molecule has 6 nitrogen and oxygen atoms in total. The molecule has 0 spiro atoms. The van der Waals surface area contributed by atoms with Crippen LogP contribution in [0.25, 0.3) is 10.9 Å². The molecule has 2 aromatic heterocycles. The lowest BCUT2D eigenvalue weighted by molar-refractivity contribution is 0.453. The van der Waals surface area contributed by atoms with E-state index in [1.165, 1.54) is 6.20 Å². The van der Waals surface area contributed by atoms with Gasteiger partial charge in [0.1, 0.15) is 11.6 Å². The summed E-state index contributed by atoms with van der Waals surface area (Å²) in [6.45, 7) is 0. The average molecular weight is 265 g/mol. The summed E-state index contributed by atoms with van der Waals surface area (Å²) in [6.07, 6.45) is 3.06. The summed E-state index contributed by atoms with van der Waals surface area (Å²) in [5.74, 6) is 0.590. The van der Waals surface area contributed by atoms with Crippen molar-refractivity contribution in [3.63, 3.8) is 0 Å². The first-order valence-corrected chi connectivity index (χ1v) is 5.93. The number of hydrogen-bond donors (Lipinski definition) is 2. The monoisotopic (exact) mass is 265 g/mol. The number of rotatable bonds is 3. The van der Waals surface area contributed by atoms with Gasteiger partial charge in [-0.25, -0.2) is 0 Å². The van der Waals surface area contributed by atoms with Gasteiger partial charge in [0.25, 0.3) is 0 Å². The van der Waals surface area contributed by atoms with Gasteiger partial charge in [-0.2, -0.15) is 5.10 Å².